The maximum absolute atomic E-state index is 10.3. The zero-order valence-electron chi connectivity index (χ0n) is 9.58. The van der Waals surface area contributed by atoms with E-state index >= 15 is 0 Å². The van der Waals surface area contributed by atoms with Crippen molar-refractivity contribution in [1.29, 1.82) is 0 Å². The van der Waals surface area contributed by atoms with Gasteiger partial charge in [-0.15, -0.1) is 0 Å². The van der Waals surface area contributed by atoms with Crippen LogP contribution in [-0.2, 0) is 0 Å². The van der Waals surface area contributed by atoms with Gasteiger partial charge in [0.1, 0.15) is 11.4 Å². The lowest BCUT2D eigenvalue weighted by Crippen LogP contribution is -2.49. The molecule has 1 aromatic rings. The summed E-state index contributed by atoms with van der Waals surface area (Å²) in [6.07, 6.45) is 2.25. The van der Waals surface area contributed by atoms with E-state index in [2.05, 4.69) is 21.2 Å². The Labute approximate surface area is 109 Å². The van der Waals surface area contributed by atoms with Crippen molar-refractivity contribution in [2.75, 3.05) is 13.1 Å². The number of fused-ring (bicyclic) bond motifs is 1. The predicted octanol–water partition coefficient (Wildman–Crippen LogP) is 2.39. The highest BCUT2D eigenvalue weighted by Gasteiger charge is 2.41. The minimum absolute atomic E-state index is 0.168. The summed E-state index contributed by atoms with van der Waals surface area (Å²) in [4.78, 5) is 0. The third kappa shape index (κ3) is 2.09. The zero-order valence-corrected chi connectivity index (χ0v) is 11.2. The summed E-state index contributed by atoms with van der Waals surface area (Å²) in [5.41, 5.74) is 0.746. The average molecular weight is 298 g/mol. The molecule has 1 unspecified atom stereocenters. The molecule has 0 radical (unpaired) electrons. The van der Waals surface area contributed by atoms with Gasteiger partial charge in [0.05, 0.1) is 6.10 Å². The fourth-order valence-corrected chi connectivity index (χ4v) is 3.14. The van der Waals surface area contributed by atoms with Gasteiger partial charge < -0.3 is 15.2 Å². The van der Waals surface area contributed by atoms with Gasteiger partial charge in [-0.3, -0.25) is 0 Å². The van der Waals surface area contributed by atoms with Crippen molar-refractivity contribution >= 4 is 15.9 Å². The van der Waals surface area contributed by atoms with Crippen molar-refractivity contribution < 1.29 is 9.84 Å². The van der Waals surface area contributed by atoms with Crippen LogP contribution in [0, 0.1) is 0 Å². The van der Waals surface area contributed by atoms with Gasteiger partial charge in [-0.25, -0.2) is 0 Å². The molecule has 0 aliphatic carbocycles. The number of halogens is 1. The Bertz CT molecular complexity index is 429. The van der Waals surface area contributed by atoms with Gasteiger partial charge in [-0.2, -0.15) is 0 Å². The first kappa shape index (κ1) is 11.5. The molecule has 1 spiro atoms. The molecule has 1 atom stereocenters. The van der Waals surface area contributed by atoms with Crippen LogP contribution in [0.4, 0.5) is 0 Å². The number of nitrogens with one attached hydrogen (secondary N) is 1. The maximum Gasteiger partial charge on any atom is 0.127 e. The van der Waals surface area contributed by atoms with Crippen LogP contribution in [0.2, 0.25) is 0 Å². The van der Waals surface area contributed by atoms with Crippen molar-refractivity contribution in [3.8, 4) is 5.75 Å². The van der Waals surface area contributed by atoms with E-state index in [4.69, 9.17) is 4.74 Å². The lowest BCUT2D eigenvalue weighted by molar-refractivity contribution is -0.0337. The molecule has 3 nitrogen and oxygen atoms in total. The number of ether oxygens (including phenoxy) is 1. The van der Waals surface area contributed by atoms with Crippen LogP contribution >= 0.6 is 15.9 Å². The lowest BCUT2D eigenvalue weighted by Gasteiger charge is -2.43. The molecule has 2 N–H and O–H groups in total. The Morgan fingerprint density at radius 3 is 2.88 bits per heavy atom. The summed E-state index contributed by atoms with van der Waals surface area (Å²) in [7, 11) is 0. The summed E-state index contributed by atoms with van der Waals surface area (Å²) in [6, 6.07) is 5.85. The molecule has 2 aliphatic heterocycles. The van der Waals surface area contributed by atoms with Crippen molar-refractivity contribution in [1.82, 2.24) is 5.32 Å². The largest absolute Gasteiger partial charge is 0.487 e. The molecule has 2 aliphatic rings. The summed E-state index contributed by atoms with van der Waals surface area (Å²) >= 11 is 3.45. The molecule has 0 saturated carbocycles. The van der Waals surface area contributed by atoms with E-state index in [9.17, 15) is 5.11 Å². The number of piperidine rings is 1. The molecule has 0 amide bonds. The van der Waals surface area contributed by atoms with E-state index in [1.54, 1.807) is 0 Å². The monoisotopic (exact) mass is 297 g/mol. The molecule has 1 saturated heterocycles. The first-order chi connectivity index (χ1) is 8.19. The Balaban J connectivity index is 1.95. The second kappa shape index (κ2) is 4.26. The number of rotatable bonds is 0. The first-order valence-corrected chi connectivity index (χ1v) is 6.85. The highest BCUT2D eigenvalue weighted by atomic mass is 79.9. The highest BCUT2D eigenvalue weighted by Crippen LogP contribution is 2.44. The third-order valence-electron chi connectivity index (χ3n) is 3.74. The number of hydrogen-bond donors (Lipinski definition) is 2. The molecular weight excluding hydrogens is 282 g/mol. The molecule has 4 heteroatoms. The quantitative estimate of drug-likeness (QED) is 0.773. The molecule has 1 fully saturated rings. The zero-order chi connectivity index (χ0) is 11.9. The molecule has 0 bridgehead atoms. The van der Waals surface area contributed by atoms with Gasteiger partial charge in [-0.05, 0) is 38.1 Å². The molecule has 0 aromatic heterocycles. The summed E-state index contributed by atoms with van der Waals surface area (Å²) < 4.78 is 7.18. The molecular formula is C13H16BrNO2. The Hall–Kier alpha value is -0.580. The first-order valence-electron chi connectivity index (χ1n) is 6.06. The molecule has 3 rings (SSSR count). The molecule has 17 heavy (non-hydrogen) atoms. The number of benzene rings is 1. The topological polar surface area (TPSA) is 41.5 Å². The van der Waals surface area contributed by atoms with Crippen LogP contribution in [-0.4, -0.2) is 23.8 Å². The Morgan fingerprint density at radius 2 is 2.12 bits per heavy atom. The van der Waals surface area contributed by atoms with Crippen molar-refractivity contribution in [3.63, 3.8) is 0 Å². The van der Waals surface area contributed by atoms with E-state index < -0.39 is 6.10 Å². The number of aliphatic hydroxyl groups is 1. The lowest BCUT2D eigenvalue weighted by atomic mass is 9.82. The summed E-state index contributed by atoms with van der Waals surface area (Å²) in [6.45, 7) is 1.94. The molecule has 92 valence electrons. The van der Waals surface area contributed by atoms with E-state index in [1.807, 2.05) is 18.2 Å². The van der Waals surface area contributed by atoms with Crippen LogP contribution in [0.15, 0.2) is 22.7 Å². The van der Waals surface area contributed by atoms with Crippen LogP contribution in [0.25, 0.3) is 0 Å². The van der Waals surface area contributed by atoms with Crippen molar-refractivity contribution in [2.45, 2.75) is 31.0 Å². The van der Waals surface area contributed by atoms with Crippen LogP contribution < -0.4 is 10.1 Å². The van der Waals surface area contributed by atoms with Gasteiger partial charge in [0.2, 0.25) is 0 Å². The fourth-order valence-electron chi connectivity index (χ4n) is 2.80. The SMILES string of the molecule is OC1CC2(CCNCC2)Oc2cc(Br)ccc21. The normalized spacial score (nSPS) is 26.4. The molecule has 2 heterocycles. The van der Waals surface area contributed by atoms with Crippen LogP contribution in [0.5, 0.6) is 5.75 Å². The number of aliphatic hydroxyl groups excluding tert-OH is 1. The van der Waals surface area contributed by atoms with Gasteiger partial charge in [0.25, 0.3) is 0 Å². The minimum Gasteiger partial charge on any atom is -0.487 e. The van der Waals surface area contributed by atoms with Crippen LogP contribution in [0.3, 0.4) is 0 Å². The highest BCUT2D eigenvalue weighted by molar-refractivity contribution is 9.10. The smallest absolute Gasteiger partial charge is 0.127 e. The van der Waals surface area contributed by atoms with E-state index in [0.29, 0.717) is 6.42 Å². The average Bonchev–Trinajstić information content (AvgIpc) is 2.29. The number of hydrogen-bond acceptors (Lipinski definition) is 3. The Kier molecular flexibility index (Phi) is 2.89. The second-order valence-corrected chi connectivity index (χ2v) is 5.85. The van der Waals surface area contributed by atoms with Gasteiger partial charge in [0.15, 0.2) is 0 Å². The Morgan fingerprint density at radius 1 is 1.35 bits per heavy atom. The van der Waals surface area contributed by atoms with E-state index in [1.165, 1.54) is 0 Å². The van der Waals surface area contributed by atoms with Gasteiger partial charge in [-0.1, -0.05) is 22.0 Å². The standard InChI is InChI=1S/C13H16BrNO2/c14-9-1-2-10-11(16)8-13(17-12(10)7-9)3-5-15-6-4-13/h1-2,7,11,15-16H,3-6,8H2. The van der Waals surface area contributed by atoms with Crippen molar-refractivity contribution in [2.24, 2.45) is 0 Å². The second-order valence-electron chi connectivity index (χ2n) is 4.94. The van der Waals surface area contributed by atoms with Crippen molar-refractivity contribution in [3.05, 3.63) is 28.2 Å². The third-order valence-corrected chi connectivity index (χ3v) is 4.23. The molecule has 1 aromatic carbocycles. The van der Waals surface area contributed by atoms with E-state index in [0.717, 1.165) is 41.7 Å². The van der Waals surface area contributed by atoms with Crippen LogP contribution in [0.1, 0.15) is 30.9 Å². The maximum atomic E-state index is 10.3. The fraction of sp³-hybridized carbons (Fsp3) is 0.538. The van der Waals surface area contributed by atoms with Gasteiger partial charge in [0, 0.05) is 16.5 Å². The predicted molar refractivity (Wildman–Crippen MR) is 69.2 cm³/mol. The van der Waals surface area contributed by atoms with Gasteiger partial charge >= 0.3 is 0 Å². The minimum atomic E-state index is -0.398. The summed E-state index contributed by atoms with van der Waals surface area (Å²) in [5, 5.41) is 13.6. The summed E-state index contributed by atoms with van der Waals surface area (Å²) in [5.74, 6) is 0.833. The van der Waals surface area contributed by atoms with E-state index in [-0.39, 0.29) is 5.60 Å².